The van der Waals surface area contributed by atoms with E-state index in [-0.39, 0.29) is 5.92 Å². The molecule has 0 saturated heterocycles. The molecule has 8 nitrogen and oxygen atoms in total. The Morgan fingerprint density at radius 3 is 2.77 bits per heavy atom. The first kappa shape index (κ1) is 19.7. The van der Waals surface area contributed by atoms with Crippen molar-refractivity contribution in [3.05, 3.63) is 60.0 Å². The van der Waals surface area contributed by atoms with Crippen molar-refractivity contribution in [1.82, 2.24) is 19.6 Å². The summed E-state index contributed by atoms with van der Waals surface area (Å²) in [7, 11) is 0. The fourth-order valence-corrected chi connectivity index (χ4v) is 4.92. The SMILES string of the molecule is C[C@]1(CCc2ccc3ccc(N)nc3c2)C[C@@H](c2ccc3c(N)ncnn23)[C@H](O)[C@@H]1O. The quantitative estimate of drug-likeness (QED) is 0.399. The van der Waals surface area contributed by atoms with Crippen molar-refractivity contribution in [2.75, 3.05) is 11.5 Å². The topological polar surface area (TPSA) is 136 Å². The summed E-state index contributed by atoms with van der Waals surface area (Å²) in [6.45, 7) is 2.04. The highest BCUT2D eigenvalue weighted by atomic mass is 16.3. The molecule has 1 saturated carbocycles. The maximum Gasteiger partial charge on any atom is 0.151 e. The van der Waals surface area contributed by atoms with Gasteiger partial charge in [0.2, 0.25) is 0 Å². The number of anilines is 2. The molecule has 1 aromatic carbocycles. The number of aliphatic hydroxyl groups excluding tert-OH is 2. The van der Waals surface area contributed by atoms with Crippen LogP contribution in [0.25, 0.3) is 16.4 Å². The molecule has 160 valence electrons. The highest BCUT2D eigenvalue weighted by Gasteiger charge is 2.50. The number of hydrogen-bond acceptors (Lipinski definition) is 7. The van der Waals surface area contributed by atoms with Crippen LogP contribution in [0.15, 0.2) is 48.8 Å². The Hall–Kier alpha value is -3.23. The van der Waals surface area contributed by atoms with Gasteiger partial charge in [0.25, 0.3) is 0 Å². The molecule has 0 spiro atoms. The zero-order chi connectivity index (χ0) is 21.8. The average Bonchev–Trinajstić information content (AvgIpc) is 3.28. The van der Waals surface area contributed by atoms with Crippen LogP contribution in [-0.2, 0) is 6.42 Å². The van der Waals surface area contributed by atoms with Gasteiger partial charge in [-0.2, -0.15) is 5.10 Å². The molecule has 0 bridgehead atoms. The number of aliphatic hydroxyl groups is 2. The fourth-order valence-electron chi connectivity index (χ4n) is 4.92. The lowest BCUT2D eigenvalue weighted by atomic mass is 9.80. The predicted molar refractivity (Wildman–Crippen MR) is 119 cm³/mol. The Bertz CT molecular complexity index is 1270. The largest absolute Gasteiger partial charge is 0.390 e. The number of pyridine rings is 1. The number of nitrogens with two attached hydrogens (primary N) is 2. The summed E-state index contributed by atoms with van der Waals surface area (Å²) in [5, 5.41) is 27.2. The molecule has 8 heteroatoms. The van der Waals surface area contributed by atoms with Crippen LogP contribution in [0, 0.1) is 5.41 Å². The molecule has 3 aromatic heterocycles. The van der Waals surface area contributed by atoms with Crippen LogP contribution < -0.4 is 11.5 Å². The lowest BCUT2D eigenvalue weighted by Crippen LogP contribution is -2.34. The second-order valence-electron chi connectivity index (χ2n) is 8.86. The van der Waals surface area contributed by atoms with Gasteiger partial charge in [-0.15, -0.1) is 0 Å². The molecule has 0 unspecified atom stereocenters. The number of nitrogen functional groups attached to an aromatic ring is 2. The maximum atomic E-state index is 11.0. The number of aromatic nitrogens is 4. The third-order valence-corrected chi connectivity index (χ3v) is 6.79. The van der Waals surface area contributed by atoms with Gasteiger partial charge in [0, 0.05) is 17.0 Å². The van der Waals surface area contributed by atoms with Gasteiger partial charge in [-0.3, -0.25) is 0 Å². The molecule has 4 aromatic rings. The monoisotopic (exact) mass is 418 g/mol. The second kappa shape index (κ2) is 7.18. The van der Waals surface area contributed by atoms with E-state index in [1.54, 1.807) is 10.6 Å². The molecular weight excluding hydrogens is 392 g/mol. The first-order valence-electron chi connectivity index (χ1n) is 10.5. The number of hydrogen-bond donors (Lipinski definition) is 4. The summed E-state index contributed by atoms with van der Waals surface area (Å²) >= 11 is 0. The zero-order valence-corrected chi connectivity index (χ0v) is 17.3. The summed E-state index contributed by atoms with van der Waals surface area (Å²) in [6, 6.07) is 13.7. The number of rotatable bonds is 4. The van der Waals surface area contributed by atoms with Crippen LogP contribution in [0.5, 0.6) is 0 Å². The number of nitrogens with zero attached hydrogens (tertiary/aromatic N) is 4. The van der Waals surface area contributed by atoms with E-state index < -0.39 is 17.6 Å². The Labute approximate surface area is 179 Å². The van der Waals surface area contributed by atoms with E-state index in [4.69, 9.17) is 11.5 Å². The highest BCUT2D eigenvalue weighted by molar-refractivity contribution is 5.80. The van der Waals surface area contributed by atoms with E-state index in [1.807, 2.05) is 37.3 Å². The van der Waals surface area contributed by atoms with Gasteiger partial charge >= 0.3 is 0 Å². The van der Waals surface area contributed by atoms with E-state index in [2.05, 4.69) is 21.1 Å². The third-order valence-electron chi connectivity index (χ3n) is 6.79. The standard InChI is InChI=1S/C23H26N6O2/c1-23(9-8-13-2-3-14-4-7-19(24)28-16(14)10-13)11-15(20(30)21(23)31)17-5-6-18-22(25)26-12-27-29(17)18/h2-7,10,12,15,20-21,30-31H,8-9,11H2,1H3,(H2,24,28)(H2,25,26,27)/t15-,20-,21-,23-/m0/s1. The highest BCUT2D eigenvalue weighted by Crippen LogP contribution is 2.49. The molecule has 0 radical (unpaired) electrons. The van der Waals surface area contributed by atoms with Crippen molar-refractivity contribution in [3.63, 3.8) is 0 Å². The summed E-state index contributed by atoms with van der Waals surface area (Å²) in [5.41, 5.74) is 14.9. The average molecular weight is 419 g/mol. The zero-order valence-electron chi connectivity index (χ0n) is 17.3. The number of fused-ring (bicyclic) bond motifs is 2. The van der Waals surface area contributed by atoms with Crippen molar-refractivity contribution < 1.29 is 10.2 Å². The van der Waals surface area contributed by atoms with Gasteiger partial charge in [0.15, 0.2) is 5.82 Å². The van der Waals surface area contributed by atoms with Gasteiger partial charge in [-0.1, -0.05) is 19.1 Å². The smallest absolute Gasteiger partial charge is 0.151 e. The molecule has 3 heterocycles. The van der Waals surface area contributed by atoms with Crippen LogP contribution in [-0.4, -0.2) is 42.0 Å². The minimum absolute atomic E-state index is 0.241. The lowest BCUT2D eigenvalue weighted by molar-refractivity contribution is -0.0204. The molecular formula is C23H26N6O2. The van der Waals surface area contributed by atoms with Crippen LogP contribution in [0.3, 0.4) is 0 Å². The van der Waals surface area contributed by atoms with Crippen LogP contribution in [0.1, 0.15) is 36.9 Å². The lowest BCUT2D eigenvalue weighted by Gasteiger charge is -2.28. The number of benzene rings is 1. The van der Waals surface area contributed by atoms with Crippen LogP contribution >= 0.6 is 0 Å². The Morgan fingerprint density at radius 1 is 1.13 bits per heavy atom. The van der Waals surface area contributed by atoms with Crippen molar-refractivity contribution in [1.29, 1.82) is 0 Å². The van der Waals surface area contributed by atoms with Crippen LogP contribution in [0.4, 0.5) is 11.6 Å². The molecule has 1 aliphatic rings. The number of aryl methyl sites for hydroxylation is 1. The summed E-state index contributed by atoms with van der Waals surface area (Å²) in [4.78, 5) is 8.43. The van der Waals surface area contributed by atoms with Gasteiger partial charge in [0.1, 0.15) is 17.7 Å². The Balaban J connectivity index is 1.39. The fraction of sp³-hybridized carbons (Fsp3) is 0.348. The third kappa shape index (κ3) is 3.28. The molecule has 1 aliphatic carbocycles. The summed E-state index contributed by atoms with van der Waals surface area (Å²) in [5.74, 6) is 0.648. The summed E-state index contributed by atoms with van der Waals surface area (Å²) < 4.78 is 1.72. The molecule has 0 aliphatic heterocycles. The van der Waals surface area contributed by atoms with Gasteiger partial charge < -0.3 is 21.7 Å². The van der Waals surface area contributed by atoms with Gasteiger partial charge in [0.05, 0.1) is 17.7 Å². The summed E-state index contributed by atoms with van der Waals surface area (Å²) in [6.07, 6.45) is 1.83. The van der Waals surface area contributed by atoms with E-state index in [1.165, 1.54) is 6.33 Å². The Kier molecular flexibility index (Phi) is 4.56. The first-order valence-corrected chi connectivity index (χ1v) is 10.5. The molecule has 0 amide bonds. The molecule has 31 heavy (non-hydrogen) atoms. The van der Waals surface area contributed by atoms with Crippen molar-refractivity contribution in [3.8, 4) is 0 Å². The van der Waals surface area contributed by atoms with E-state index in [0.717, 1.165) is 35.0 Å². The van der Waals surface area contributed by atoms with Crippen LogP contribution in [0.2, 0.25) is 0 Å². The molecule has 5 rings (SSSR count). The minimum atomic E-state index is -0.877. The Morgan fingerprint density at radius 2 is 1.94 bits per heavy atom. The van der Waals surface area contributed by atoms with E-state index in [0.29, 0.717) is 23.6 Å². The predicted octanol–water partition coefficient (Wildman–Crippen LogP) is 2.29. The van der Waals surface area contributed by atoms with Crippen molar-refractivity contribution in [2.24, 2.45) is 5.41 Å². The normalized spacial score (nSPS) is 26.1. The molecule has 4 atom stereocenters. The van der Waals surface area contributed by atoms with Crippen molar-refractivity contribution >= 4 is 28.1 Å². The minimum Gasteiger partial charge on any atom is -0.390 e. The van der Waals surface area contributed by atoms with Gasteiger partial charge in [-0.05, 0) is 60.6 Å². The maximum absolute atomic E-state index is 11.0. The second-order valence-corrected chi connectivity index (χ2v) is 8.86. The molecule has 1 fully saturated rings. The molecule has 6 N–H and O–H groups in total. The van der Waals surface area contributed by atoms with Gasteiger partial charge in [-0.25, -0.2) is 14.5 Å². The van der Waals surface area contributed by atoms with E-state index >= 15 is 0 Å². The first-order chi connectivity index (χ1) is 14.9. The van der Waals surface area contributed by atoms with Crippen molar-refractivity contribution in [2.45, 2.75) is 44.3 Å². The van der Waals surface area contributed by atoms with E-state index in [9.17, 15) is 10.2 Å².